The fourth-order valence-electron chi connectivity index (χ4n) is 4.35. The predicted octanol–water partition coefficient (Wildman–Crippen LogP) is 4.47. The van der Waals surface area contributed by atoms with Gasteiger partial charge in [0.05, 0.1) is 22.4 Å². The third-order valence-electron chi connectivity index (χ3n) is 6.27. The molecule has 0 atom stereocenters. The zero-order valence-electron chi connectivity index (χ0n) is 23.4. The number of rotatable bonds is 12. The van der Waals surface area contributed by atoms with Crippen LogP contribution in [0, 0.1) is 6.92 Å². The summed E-state index contributed by atoms with van der Waals surface area (Å²) in [6.07, 6.45) is 1.92. The Morgan fingerprint density at radius 3 is 2.30 bits per heavy atom. The first-order chi connectivity index (χ1) is 20.5. The highest BCUT2D eigenvalue weighted by Gasteiger charge is 2.24. The van der Waals surface area contributed by atoms with E-state index in [0.717, 1.165) is 11.5 Å². The topological polar surface area (TPSA) is 251 Å². The van der Waals surface area contributed by atoms with Crippen molar-refractivity contribution >= 4 is 80.9 Å². The molecule has 0 spiro atoms. The second-order valence-electron chi connectivity index (χ2n) is 9.32. The Morgan fingerprint density at radius 1 is 0.955 bits per heavy atom. The zero-order chi connectivity index (χ0) is 32.4. The van der Waals surface area contributed by atoms with E-state index in [9.17, 15) is 34.4 Å². The second kappa shape index (κ2) is 12.8. The van der Waals surface area contributed by atoms with Crippen LogP contribution in [0.5, 0.6) is 0 Å². The third-order valence-corrected chi connectivity index (χ3v) is 9.69. The summed E-state index contributed by atoms with van der Waals surface area (Å²) in [6, 6.07) is 5.42. The van der Waals surface area contributed by atoms with E-state index in [1.807, 2.05) is 6.92 Å². The maximum Gasteiger partial charge on any atom is 0.295 e. The van der Waals surface area contributed by atoms with Crippen LogP contribution < -0.4 is 10.6 Å². The highest BCUT2D eigenvalue weighted by atomic mass is 32.2. The van der Waals surface area contributed by atoms with E-state index in [2.05, 4.69) is 35.2 Å². The van der Waals surface area contributed by atoms with Crippen LogP contribution in [0.25, 0.3) is 10.9 Å². The lowest BCUT2D eigenvalue weighted by Crippen LogP contribution is -2.16. The first-order valence-corrected chi connectivity index (χ1v) is 18.0. The summed E-state index contributed by atoms with van der Waals surface area (Å²) in [5, 5.41) is 14.6. The van der Waals surface area contributed by atoms with Crippen LogP contribution in [-0.2, 0) is 43.2 Å². The van der Waals surface area contributed by atoms with Crippen molar-refractivity contribution in [3.63, 3.8) is 0 Å². The Bertz CT molecular complexity index is 2100. The molecule has 4 aromatic rings. The third kappa shape index (κ3) is 7.70. The number of hydrogen-bond acceptors (Lipinski definition) is 14. The van der Waals surface area contributed by atoms with Crippen molar-refractivity contribution in [2.24, 2.45) is 10.2 Å². The van der Waals surface area contributed by atoms with E-state index in [-0.39, 0.29) is 50.8 Å². The van der Waals surface area contributed by atoms with Crippen LogP contribution in [-0.4, -0.2) is 65.6 Å². The summed E-state index contributed by atoms with van der Waals surface area (Å²) in [6.45, 7) is 4.90. The van der Waals surface area contributed by atoms with Crippen molar-refractivity contribution in [3.05, 3.63) is 47.2 Å². The average Bonchev–Trinajstić information content (AvgIpc) is 3.33. The molecule has 0 aliphatic heterocycles. The molecule has 0 bridgehead atoms. The summed E-state index contributed by atoms with van der Waals surface area (Å²) < 4.78 is 103. The summed E-state index contributed by atoms with van der Waals surface area (Å²) in [4.78, 5) is 7.86. The number of aryl methyl sites for hydroxylation is 2. The Kier molecular flexibility index (Phi) is 9.63. The Balaban J connectivity index is 1.84. The predicted molar refractivity (Wildman–Crippen MR) is 164 cm³/mol. The molecule has 2 heterocycles. The molecule has 0 saturated carbocycles. The summed E-state index contributed by atoms with van der Waals surface area (Å²) in [5.74, 6) is -0.672. The normalized spacial score (nSPS) is 12.7. The van der Waals surface area contributed by atoms with Gasteiger partial charge in [-0.2, -0.15) is 34.6 Å². The number of nitrogens with zero attached hydrogens (tertiary/aromatic N) is 5. The van der Waals surface area contributed by atoms with Gasteiger partial charge in [0.25, 0.3) is 30.4 Å². The molecule has 44 heavy (non-hydrogen) atoms. The van der Waals surface area contributed by atoms with Gasteiger partial charge in [0.15, 0.2) is 10.8 Å². The number of benzene rings is 2. The molecule has 0 unspecified atom stereocenters. The van der Waals surface area contributed by atoms with Gasteiger partial charge in [-0.15, -0.1) is 10.2 Å². The van der Waals surface area contributed by atoms with Gasteiger partial charge in [0, 0.05) is 17.6 Å². The maximum absolute atomic E-state index is 12.3. The van der Waals surface area contributed by atoms with E-state index in [4.69, 9.17) is 4.55 Å². The highest BCUT2D eigenvalue weighted by Crippen LogP contribution is 2.38. The lowest BCUT2D eigenvalue weighted by Gasteiger charge is -2.20. The van der Waals surface area contributed by atoms with Gasteiger partial charge in [0.2, 0.25) is 5.95 Å². The molecule has 5 N–H and O–H groups in total. The van der Waals surface area contributed by atoms with E-state index >= 15 is 0 Å². The van der Waals surface area contributed by atoms with Gasteiger partial charge in [-0.3, -0.25) is 13.7 Å². The van der Waals surface area contributed by atoms with Gasteiger partial charge < -0.3 is 10.6 Å². The molecule has 20 heteroatoms. The molecule has 2 aromatic carbocycles. The fraction of sp³-hybridized carbons (Fsp3) is 0.292. The Labute approximate surface area is 257 Å². The molecular weight excluding hydrogens is 659 g/mol. The van der Waals surface area contributed by atoms with Crippen molar-refractivity contribution in [3.8, 4) is 0 Å². The van der Waals surface area contributed by atoms with Crippen LogP contribution in [0.2, 0.25) is 0 Å². The van der Waals surface area contributed by atoms with Crippen molar-refractivity contribution in [2.75, 3.05) is 22.9 Å². The molecule has 0 amide bonds. The standard InChI is InChI=1S/C24H27N7O9S4/c1-4-14-10-13(3)21(44(38,39)40)16(5-2)20(14)27-22-19(12-26-24(28-22)25-8-9-42(32,33)34)29-30-23-17-11-15(43(35,36)37)6-7-18(17)31-41-23/h6-7,10-12H,4-5,8-9H2,1-3H3,(H,32,33,34)(H,35,36,37)(H,38,39,40)(H2,25,26,27,28). The van der Waals surface area contributed by atoms with Crippen LogP contribution in [0.1, 0.15) is 30.5 Å². The van der Waals surface area contributed by atoms with Crippen LogP contribution >= 0.6 is 11.5 Å². The number of azo groups is 1. The molecule has 4 rings (SSSR count). The van der Waals surface area contributed by atoms with Gasteiger partial charge in [0.1, 0.15) is 10.6 Å². The Hall–Kier alpha value is -3.66. The molecule has 0 saturated heterocycles. The molecule has 0 fully saturated rings. The van der Waals surface area contributed by atoms with Gasteiger partial charge in [-0.25, -0.2) is 4.98 Å². The van der Waals surface area contributed by atoms with E-state index in [0.29, 0.717) is 34.1 Å². The molecule has 2 aromatic heterocycles. The van der Waals surface area contributed by atoms with Crippen LogP contribution in [0.3, 0.4) is 0 Å². The highest BCUT2D eigenvalue weighted by molar-refractivity contribution is 7.86. The van der Waals surface area contributed by atoms with E-state index < -0.39 is 36.1 Å². The SMILES string of the molecule is CCc1cc(C)c(S(=O)(=O)O)c(CC)c1Nc1nc(NCCS(=O)(=O)O)ncc1N=Nc1snc2ccc(S(=O)(=O)O)cc12. The lowest BCUT2D eigenvalue weighted by atomic mass is 9.99. The molecule has 16 nitrogen and oxygen atoms in total. The minimum absolute atomic E-state index is 0.0140. The average molecular weight is 686 g/mol. The number of nitrogens with one attached hydrogen (secondary N) is 2. The smallest absolute Gasteiger partial charge is 0.295 e. The van der Waals surface area contributed by atoms with Crippen LogP contribution in [0.15, 0.2) is 50.5 Å². The van der Waals surface area contributed by atoms with Gasteiger partial charge in [-0.1, -0.05) is 19.9 Å². The van der Waals surface area contributed by atoms with E-state index in [1.165, 1.54) is 24.4 Å². The van der Waals surface area contributed by atoms with E-state index in [1.54, 1.807) is 19.9 Å². The first kappa shape index (κ1) is 33.2. The number of fused-ring (bicyclic) bond motifs is 1. The van der Waals surface area contributed by atoms with Crippen LogP contribution in [0.4, 0.5) is 28.1 Å². The van der Waals surface area contributed by atoms with Gasteiger partial charge in [-0.05, 0) is 66.2 Å². The monoisotopic (exact) mass is 685 g/mol. The minimum atomic E-state index is -4.61. The summed E-state index contributed by atoms with van der Waals surface area (Å²) in [7, 11) is -13.4. The first-order valence-electron chi connectivity index (χ1n) is 12.8. The quantitative estimate of drug-likeness (QED) is 0.102. The molecule has 236 valence electrons. The van der Waals surface area contributed by atoms with Crippen molar-refractivity contribution in [2.45, 2.75) is 43.4 Å². The summed E-state index contributed by atoms with van der Waals surface area (Å²) in [5.41, 5.74) is 2.12. The maximum atomic E-state index is 12.3. The minimum Gasteiger partial charge on any atom is -0.353 e. The molecular formula is C24H27N7O9S4. The Morgan fingerprint density at radius 2 is 1.68 bits per heavy atom. The van der Waals surface area contributed by atoms with Crippen molar-refractivity contribution in [1.82, 2.24) is 14.3 Å². The molecule has 0 aliphatic rings. The van der Waals surface area contributed by atoms with Gasteiger partial charge >= 0.3 is 0 Å². The lowest BCUT2D eigenvalue weighted by molar-refractivity contribution is 0.479. The van der Waals surface area contributed by atoms with Crippen molar-refractivity contribution < 1.29 is 38.9 Å². The number of anilines is 3. The largest absolute Gasteiger partial charge is 0.353 e. The van der Waals surface area contributed by atoms with Crippen molar-refractivity contribution in [1.29, 1.82) is 0 Å². The zero-order valence-corrected chi connectivity index (χ0v) is 26.6. The number of hydrogen-bond donors (Lipinski definition) is 5. The molecule has 0 aliphatic carbocycles. The molecule has 0 radical (unpaired) electrons. The number of aromatic nitrogens is 3. The summed E-state index contributed by atoms with van der Waals surface area (Å²) >= 11 is 0.911. The second-order valence-corrected chi connectivity index (χ2v) is 14.4. The fourth-order valence-corrected chi connectivity index (χ4v) is 6.92.